The van der Waals surface area contributed by atoms with Crippen molar-refractivity contribution < 1.29 is 52.3 Å². The zero-order chi connectivity index (χ0) is 19.2. The zero-order valence-electron chi connectivity index (χ0n) is 14.5. The van der Waals surface area contributed by atoms with Gasteiger partial charge in [0.25, 0.3) is 0 Å². The number of carbonyl (C=O) groups is 4. The third-order valence-electron chi connectivity index (χ3n) is 2.51. The van der Waals surface area contributed by atoms with E-state index < -0.39 is 36.5 Å². The maximum Gasteiger partial charge on any atom is 0.509 e. The van der Waals surface area contributed by atoms with Crippen LogP contribution >= 0.6 is 0 Å². The first kappa shape index (κ1) is 22.4. The molecule has 0 radical (unpaired) electrons. The van der Waals surface area contributed by atoms with E-state index in [9.17, 15) is 19.2 Å². The summed E-state index contributed by atoms with van der Waals surface area (Å²) in [7, 11) is 2.32. The van der Waals surface area contributed by atoms with Crippen LogP contribution in [0.4, 0.5) is 9.59 Å². The molecule has 11 nitrogen and oxygen atoms in total. The van der Waals surface area contributed by atoms with Crippen molar-refractivity contribution in [3.8, 4) is 0 Å². The number of carbonyl (C=O) groups excluding carboxylic acids is 4. The lowest BCUT2D eigenvalue weighted by Gasteiger charge is -2.12. The number of ether oxygens (including phenoxy) is 7. The van der Waals surface area contributed by atoms with Crippen molar-refractivity contribution in [3.63, 3.8) is 0 Å². The Morgan fingerprint density at radius 2 is 1.04 bits per heavy atom. The number of hydrogen-bond acceptors (Lipinski definition) is 11. The van der Waals surface area contributed by atoms with E-state index in [0.29, 0.717) is 0 Å². The van der Waals surface area contributed by atoms with E-state index in [1.807, 2.05) is 0 Å². The fourth-order valence-corrected chi connectivity index (χ4v) is 1.25. The van der Waals surface area contributed by atoms with Gasteiger partial charge in [-0.1, -0.05) is 0 Å². The van der Waals surface area contributed by atoms with Crippen molar-refractivity contribution in [2.75, 3.05) is 40.6 Å². The molecular weight excluding hydrogens is 344 g/mol. The van der Waals surface area contributed by atoms with Gasteiger partial charge in [0, 0.05) is 0 Å². The number of rotatable bonds is 10. The van der Waals surface area contributed by atoms with Crippen LogP contribution in [-0.4, -0.2) is 77.1 Å². The molecule has 2 atom stereocenters. The van der Waals surface area contributed by atoms with Crippen LogP contribution in [0.25, 0.3) is 0 Å². The number of hydrogen-bond donors (Lipinski definition) is 0. The third-order valence-corrected chi connectivity index (χ3v) is 2.51. The minimum atomic E-state index is -1.08. The first-order valence-electron chi connectivity index (χ1n) is 7.22. The second-order valence-corrected chi connectivity index (χ2v) is 4.38. The number of esters is 2. The Labute approximate surface area is 144 Å². The van der Waals surface area contributed by atoms with Gasteiger partial charge in [-0.3, -0.25) is 0 Å². The van der Waals surface area contributed by atoms with E-state index >= 15 is 0 Å². The van der Waals surface area contributed by atoms with Gasteiger partial charge in [-0.25, -0.2) is 19.2 Å². The van der Waals surface area contributed by atoms with E-state index in [-0.39, 0.29) is 26.4 Å². The van der Waals surface area contributed by atoms with Crippen LogP contribution in [0, 0.1) is 0 Å². The van der Waals surface area contributed by atoms with Gasteiger partial charge >= 0.3 is 24.2 Å². The van der Waals surface area contributed by atoms with Crippen molar-refractivity contribution in [2.24, 2.45) is 0 Å². The molecule has 0 aliphatic heterocycles. The largest absolute Gasteiger partial charge is 0.509 e. The molecule has 0 amide bonds. The molecule has 144 valence electrons. The lowest BCUT2D eigenvalue weighted by Crippen LogP contribution is -2.27. The highest BCUT2D eigenvalue weighted by molar-refractivity contribution is 5.77. The van der Waals surface area contributed by atoms with E-state index in [0.717, 1.165) is 14.2 Å². The average molecular weight is 366 g/mol. The van der Waals surface area contributed by atoms with Gasteiger partial charge in [-0.2, -0.15) is 0 Å². The first-order chi connectivity index (χ1) is 11.8. The summed E-state index contributed by atoms with van der Waals surface area (Å²) in [5.41, 5.74) is 0. The highest BCUT2D eigenvalue weighted by Crippen LogP contribution is 1.98. The lowest BCUT2D eigenvalue weighted by molar-refractivity contribution is -0.151. The highest BCUT2D eigenvalue weighted by Gasteiger charge is 2.19. The maximum atomic E-state index is 11.2. The van der Waals surface area contributed by atoms with Crippen LogP contribution < -0.4 is 0 Å². The third kappa shape index (κ3) is 10.8. The maximum absolute atomic E-state index is 11.2. The Morgan fingerprint density at radius 1 is 0.680 bits per heavy atom. The Morgan fingerprint density at radius 3 is 1.36 bits per heavy atom. The Kier molecular flexibility index (Phi) is 11.5. The van der Waals surface area contributed by atoms with Crippen LogP contribution in [0.15, 0.2) is 0 Å². The molecule has 0 rings (SSSR count). The standard InChI is InChI=1S/C14H22O11/c1-9(11(15)19-3)24-13(17)22-7-5-21-6-8-23-14(18)25-10(2)12(16)20-4/h9-10H,5-8H2,1-4H3. The fourth-order valence-electron chi connectivity index (χ4n) is 1.25. The van der Waals surface area contributed by atoms with Gasteiger partial charge in [-0.15, -0.1) is 0 Å². The summed E-state index contributed by atoms with van der Waals surface area (Å²) in [5.74, 6) is -1.42. The molecule has 0 saturated carbocycles. The fraction of sp³-hybridized carbons (Fsp3) is 0.714. The predicted octanol–water partition coefficient (Wildman–Crippen LogP) is 0.432. The molecule has 0 aromatic heterocycles. The molecule has 0 fully saturated rings. The monoisotopic (exact) mass is 366 g/mol. The topological polar surface area (TPSA) is 133 Å². The van der Waals surface area contributed by atoms with Gasteiger partial charge in [-0.05, 0) is 13.8 Å². The molecule has 0 bridgehead atoms. The molecule has 25 heavy (non-hydrogen) atoms. The molecule has 0 spiro atoms. The van der Waals surface area contributed by atoms with Gasteiger partial charge in [0.05, 0.1) is 27.4 Å². The average Bonchev–Trinajstić information content (AvgIpc) is 2.58. The summed E-state index contributed by atoms with van der Waals surface area (Å²) in [5, 5.41) is 0. The molecule has 2 unspecified atom stereocenters. The highest BCUT2D eigenvalue weighted by atomic mass is 16.7. The van der Waals surface area contributed by atoms with Crippen LogP contribution in [0.3, 0.4) is 0 Å². The molecule has 0 saturated heterocycles. The Hall–Kier alpha value is -2.56. The molecule has 0 aromatic rings. The van der Waals surface area contributed by atoms with E-state index in [1.165, 1.54) is 13.8 Å². The van der Waals surface area contributed by atoms with Crippen molar-refractivity contribution >= 4 is 24.2 Å². The molecule has 11 heteroatoms. The Balaban J connectivity index is 3.64. The number of methoxy groups -OCH3 is 2. The summed E-state index contributed by atoms with van der Waals surface area (Å²) in [6.07, 6.45) is -4.24. The van der Waals surface area contributed by atoms with E-state index in [1.54, 1.807) is 0 Å². The van der Waals surface area contributed by atoms with Crippen molar-refractivity contribution in [2.45, 2.75) is 26.1 Å². The SMILES string of the molecule is COC(=O)C(C)OC(=O)OCCOCCOC(=O)OC(C)C(=O)OC. The van der Waals surface area contributed by atoms with Gasteiger partial charge in [0.1, 0.15) is 13.2 Å². The van der Waals surface area contributed by atoms with Gasteiger partial charge in [0.2, 0.25) is 0 Å². The summed E-state index contributed by atoms with van der Waals surface area (Å²) >= 11 is 0. The minimum absolute atomic E-state index is 0.0126. The summed E-state index contributed by atoms with van der Waals surface area (Å²) in [6.45, 7) is 2.44. The van der Waals surface area contributed by atoms with Crippen LogP contribution in [0.1, 0.15) is 13.8 Å². The molecule has 0 aromatic carbocycles. The molecule has 0 aliphatic rings. The first-order valence-corrected chi connectivity index (χ1v) is 7.22. The molecule has 0 N–H and O–H groups in total. The van der Waals surface area contributed by atoms with Crippen LogP contribution in [-0.2, 0) is 42.7 Å². The summed E-state index contributed by atoms with van der Waals surface area (Å²) in [4.78, 5) is 44.4. The minimum Gasteiger partial charge on any atom is -0.466 e. The van der Waals surface area contributed by atoms with Crippen molar-refractivity contribution in [1.82, 2.24) is 0 Å². The zero-order valence-corrected chi connectivity index (χ0v) is 14.5. The smallest absolute Gasteiger partial charge is 0.466 e. The van der Waals surface area contributed by atoms with Gasteiger partial charge < -0.3 is 33.2 Å². The quantitative estimate of drug-likeness (QED) is 0.303. The lowest BCUT2D eigenvalue weighted by atomic mass is 10.4. The van der Waals surface area contributed by atoms with Crippen LogP contribution in [0.2, 0.25) is 0 Å². The Bertz CT molecular complexity index is 408. The second-order valence-electron chi connectivity index (χ2n) is 4.38. The van der Waals surface area contributed by atoms with Crippen LogP contribution in [0.5, 0.6) is 0 Å². The molecule has 0 aliphatic carbocycles. The van der Waals surface area contributed by atoms with Gasteiger partial charge in [0.15, 0.2) is 12.2 Å². The predicted molar refractivity (Wildman–Crippen MR) is 78.6 cm³/mol. The van der Waals surface area contributed by atoms with E-state index in [4.69, 9.17) is 4.74 Å². The normalized spacial score (nSPS) is 12.3. The second kappa shape index (κ2) is 12.8. The molecule has 0 heterocycles. The summed E-state index contributed by atoms with van der Waals surface area (Å²) < 4.78 is 32.3. The van der Waals surface area contributed by atoms with E-state index in [2.05, 4.69) is 28.4 Å². The van der Waals surface area contributed by atoms with Crippen molar-refractivity contribution in [1.29, 1.82) is 0 Å². The van der Waals surface area contributed by atoms with Crippen molar-refractivity contribution in [3.05, 3.63) is 0 Å². The molecular formula is C14H22O11. The summed E-state index contributed by atoms with van der Waals surface area (Å²) in [6, 6.07) is 0.